The molecule has 0 aliphatic rings. The Labute approximate surface area is 209 Å². The normalized spacial score (nSPS) is 13.0. The van der Waals surface area contributed by atoms with Gasteiger partial charge in [0.1, 0.15) is 11.5 Å². The van der Waals surface area contributed by atoms with Crippen LogP contribution >= 0.6 is 0 Å². The Kier molecular flexibility index (Phi) is 10.6. The van der Waals surface area contributed by atoms with E-state index in [1.54, 1.807) is 20.3 Å². The molecule has 1 unspecified atom stereocenters. The summed E-state index contributed by atoms with van der Waals surface area (Å²) >= 11 is 0. The molecule has 0 fully saturated rings. The van der Waals surface area contributed by atoms with Gasteiger partial charge in [-0.2, -0.15) is 5.10 Å². The highest BCUT2D eigenvalue weighted by Crippen LogP contribution is 2.39. The summed E-state index contributed by atoms with van der Waals surface area (Å²) in [5, 5.41) is 10.6. The minimum atomic E-state index is -0.300. The summed E-state index contributed by atoms with van der Waals surface area (Å²) in [6.45, 7) is 12.9. The number of benzene rings is 1. The quantitative estimate of drug-likeness (QED) is 0.429. The predicted octanol–water partition coefficient (Wildman–Crippen LogP) is 4.67. The molecule has 8 heteroatoms. The summed E-state index contributed by atoms with van der Waals surface area (Å²) in [7, 11) is 3.22. The van der Waals surface area contributed by atoms with Gasteiger partial charge < -0.3 is 20.1 Å². The highest BCUT2D eigenvalue weighted by Gasteiger charge is 2.24. The minimum Gasteiger partial charge on any atom is -0.496 e. The molecule has 1 aromatic heterocycles. The number of carbonyl (C=O) groups excluding carboxylic acids is 2. The molecular weight excluding hydrogens is 444 g/mol. The number of ether oxygens (including phenoxy) is 2. The van der Waals surface area contributed by atoms with Crippen molar-refractivity contribution in [3.8, 4) is 22.8 Å². The lowest BCUT2D eigenvalue weighted by Crippen LogP contribution is -2.41. The van der Waals surface area contributed by atoms with Crippen LogP contribution in [0, 0.1) is 11.8 Å². The standard InChI is InChI=1S/C27H42N4O4/c1-9-19(6)16-31-22(26-23(34-7)11-10-12-24(26)35-8)15-21(30-31)27(33)29-20(13-17(2)3)14-25(32)28-18(4)5/h10-12,15,17-20H,9,13-14,16H2,1-8H3,(H,28,32)(H,29,33)/t19?,20-/m0/s1. The van der Waals surface area contributed by atoms with Gasteiger partial charge in [-0.3, -0.25) is 14.3 Å². The molecule has 1 heterocycles. The van der Waals surface area contributed by atoms with Crippen LogP contribution in [0.25, 0.3) is 11.3 Å². The van der Waals surface area contributed by atoms with Crippen molar-refractivity contribution in [3.63, 3.8) is 0 Å². The number of aromatic nitrogens is 2. The molecule has 0 radical (unpaired) electrons. The highest BCUT2D eigenvalue weighted by molar-refractivity contribution is 5.94. The molecule has 8 nitrogen and oxygen atoms in total. The molecule has 35 heavy (non-hydrogen) atoms. The lowest BCUT2D eigenvalue weighted by Gasteiger charge is -2.20. The number of amides is 2. The molecule has 0 spiro atoms. The van der Waals surface area contributed by atoms with Crippen molar-refractivity contribution < 1.29 is 19.1 Å². The van der Waals surface area contributed by atoms with Crippen LogP contribution in [0.1, 0.15) is 71.3 Å². The smallest absolute Gasteiger partial charge is 0.272 e. The molecular formula is C27H42N4O4. The SMILES string of the molecule is CCC(C)Cn1nc(C(=O)N[C@H](CC(=O)NC(C)C)CC(C)C)cc1-c1c(OC)cccc1OC. The number of nitrogens with one attached hydrogen (secondary N) is 2. The van der Waals surface area contributed by atoms with Gasteiger partial charge in [0.2, 0.25) is 5.91 Å². The third kappa shape index (κ3) is 8.01. The maximum Gasteiger partial charge on any atom is 0.272 e. The van der Waals surface area contributed by atoms with Crippen LogP contribution in [0.4, 0.5) is 0 Å². The lowest BCUT2D eigenvalue weighted by atomic mass is 10.0. The Balaban J connectivity index is 2.43. The molecule has 0 saturated heterocycles. The maximum atomic E-state index is 13.3. The van der Waals surface area contributed by atoms with Crippen molar-refractivity contribution in [3.05, 3.63) is 30.0 Å². The summed E-state index contributed by atoms with van der Waals surface area (Å²) in [4.78, 5) is 25.7. The summed E-state index contributed by atoms with van der Waals surface area (Å²) in [6.07, 6.45) is 1.90. The number of hydrogen-bond donors (Lipinski definition) is 2. The van der Waals surface area contributed by atoms with Gasteiger partial charge in [0, 0.05) is 25.0 Å². The van der Waals surface area contributed by atoms with Crippen molar-refractivity contribution in [2.24, 2.45) is 11.8 Å². The zero-order valence-corrected chi connectivity index (χ0v) is 22.5. The second-order valence-electron chi connectivity index (χ2n) is 9.87. The van der Waals surface area contributed by atoms with E-state index in [-0.39, 0.29) is 30.3 Å². The van der Waals surface area contributed by atoms with Crippen LogP contribution in [0.15, 0.2) is 24.3 Å². The second-order valence-corrected chi connectivity index (χ2v) is 9.87. The molecule has 2 N–H and O–H groups in total. The number of hydrogen-bond acceptors (Lipinski definition) is 5. The molecule has 0 aliphatic carbocycles. The average molecular weight is 487 g/mol. The van der Waals surface area contributed by atoms with E-state index in [1.165, 1.54) is 0 Å². The van der Waals surface area contributed by atoms with Gasteiger partial charge in [-0.15, -0.1) is 0 Å². The van der Waals surface area contributed by atoms with E-state index in [0.29, 0.717) is 42.0 Å². The van der Waals surface area contributed by atoms with Crippen molar-refractivity contribution in [1.82, 2.24) is 20.4 Å². The predicted molar refractivity (Wildman–Crippen MR) is 139 cm³/mol. The average Bonchev–Trinajstić information content (AvgIpc) is 3.20. The molecule has 0 aliphatic heterocycles. The first kappa shape index (κ1) is 28.2. The van der Waals surface area contributed by atoms with Crippen LogP contribution in [-0.4, -0.2) is 47.9 Å². The Hall–Kier alpha value is -3.03. The van der Waals surface area contributed by atoms with Gasteiger partial charge >= 0.3 is 0 Å². The molecule has 194 valence electrons. The molecule has 2 rings (SSSR count). The number of carbonyl (C=O) groups is 2. The Morgan fingerprint density at radius 1 is 1.03 bits per heavy atom. The first-order valence-corrected chi connectivity index (χ1v) is 12.5. The van der Waals surface area contributed by atoms with E-state index >= 15 is 0 Å². The van der Waals surface area contributed by atoms with Crippen molar-refractivity contribution in [2.75, 3.05) is 14.2 Å². The Bertz CT molecular complexity index is 961. The summed E-state index contributed by atoms with van der Waals surface area (Å²) < 4.78 is 13.1. The zero-order chi connectivity index (χ0) is 26.1. The van der Waals surface area contributed by atoms with Gasteiger partial charge in [-0.05, 0) is 50.3 Å². The minimum absolute atomic E-state index is 0.0487. The lowest BCUT2D eigenvalue weighted by molar-refractivity contribution is -0.122. The van der Waals surface area contributed by atoms with E-state index in [4.69, 9.17) is 9.47 Å². The van der Waals surface area contributed by atoms with E-state index in [9.17, 15) is 9.59 Å². The largest absolute Gasteiger partial charge is 0.496 e. The Morgan fingerprint density at radius 3 is 2.17 bits per heavy atom. The Morgan fingerprint density at radius 2 is 1.66 bits per heavy atom. The van der Waals surface area contributed by atoms with Gasteiger partial charge in [0.25, 0.3) is 5.91 Å². The molecule has 0 saturated carbocycles. The number of methoxy groups -OCH3 is 2. The van der Waals surface area contributed by atoms with Crippen molar-refractivity contribution in [1.29, 1.82) is 0 Å². The van der Waals surface area contributed by atoms with E-state index in [1.807, 2.05) is 36.7 Å². The molecule has 2 aromatic rings. The van der Waals surface area contributed by atoms with Gasteiger partial charge in [-0.25, -0.2) is 0 Å². The molecule has 0 bridgehead atoms. The third-order valence-electron chi connectivity index (χ3n) is 5.85. The van der Waals surface area contributed by atoms with Crippen LogP contribution in [0.2, 0.25) is 0 Å². The van der Waals surface area contributed by atoms with Gasteiger partial charge in [-0.1, -0.05) is 40.2 Å². The highest BCUT2D eigenvalue weighted by atomic mass is 16.5. The molecule has 1 aromatic carbocycles. The van der Waals surface area contributed by atoms with Crippen molar-refractivity contribution in [2.45, 2.75) is 79.4 Å². The van der Waals surface area contributed by atoms with Crippen molar-refractivity contribution >= 4 is 11.8 Å². The van der Waals surface area contributed by atoms with E-state index in [0.717, 1.165) is 17.7 Å². The summed E-state index contributed by atoms with van der Waals surface area (Å²) in [6, 6.07) is 7.13. The fraction of sp³-hybridized carbons (Fsp3) is 0.593. The van der Waals surface area contributed by atoms with E-state index < -0.39 is 0 Å². The van der Waals surface area contributed by atoms with Gasteiger partial charge in [0.05, 0.1) is 25.5 Å². The third-order valence-corrected chi connectivity index (χ3v) is 5.85. The summed E-state index contributed by atoms with van der Waals surface area (Å²) in [5.74, 6) is 1.59. The summed E-state index contributed by atoms with van der Waals surface area (Å²) in [5.41, 5.74) is 1.80. The second kappa shape index (κ2) is 13.2. The monoisotopic (exact) mass is 486 g/mol. The van der Waals surface area contributed by atoms with Crippen LogP contribution < -0.4 is 20.1 Å². The topological polar surface area (TPSA) is 94.5 Å². The fourth-order valence-corrected chi connectivity index (χ4v) is 4.02. The fourth-order valence-electron chi connectivity index (χ4n) is 4.02. The van der Waals surface area contributed by atoms with Gasteiger partial charge in [0.15, 0.2) is 5.69 Å². The molecule has 2 amide bonds. The number of rotatable bonds is 13. The van der Waals surface area contributed by atoms with Crippen LogP contribution in [0.3, 0.4) is 0 Å². The zero-order valence-electron chi connectivity index (χ0n) is 22.5. The van der Waals surface area contributed by atoms with Crippen LogP contribution in [-0.2, 0) is 11.3 Å². The molecule has 2 atom stereocenters. The first-order valence-electron chi connectivity index (χ1n) is 12.5. The first-order chi connectivity index (χ1) is 16.6. The maximum absolute atomic E-state index is 13.3. The van der Waals surface area contributed by atoms with E-state index in [2.05, 4.69) is 43.4 Å². The van der Waals surface area contributed by atoms with Crippen LogP contribution in [0.5, 0.6) is 11.5 Å². The number of nitrogens with zero attached hydrogens (tertiary/aromatic N) is 2.